The smallest absolute Gasteiger partial charge is 0.444 e. The minimum atomic E-state index is 0. The van der Waals surface area contributed by atoms with Gasteiger partial charge in [-0.05, 0) is 0 Å². The molecule has 0 heterocycles. The molecule has 0 atom stereocenters. The zero-order valence-corrected chi connectivity index (χ0v) is 6.26. The van der Waals surface area contributed by atoms with E-state index in [1.807, 2.05) is 13.8 Å². The molecule has 0 aromatic heterocycles. The van der Waals surface area contributed by atoms with Crippen molar-refractivity contribution in [2.45, 2.75) is 13.8 Å². The molecule has 0 saturated carbocycles. The third kappa shape index (κ3) is 318. The van der Waals surface area contributed by atoms with Crippen molar-refractivity contribution in [3.05, 3.63) is 10.1 Å². The third-order valence-electron chi connectivity index (χ3n) is 0. The zero-order valence-electron chi connectivity index (χ0n) is 4.26. The van der Waals surface area contributed by atoms with Crippen molar-refractivity contribution < 1.29 is 29.6 Å². The summed E-state index contributed by atoms with van der Waals surface area (Å²) in [6.07, 6.45) is 0. The van der Waals surface area contributed by atoms with Gasteiger partial charge < -0.3 is 10.1 Å². The van der Waals surface area contributed by atoms with Crippen LogP contribution in [0.15, 0.2) is 5.34 Å². The molecule has 0 aromatic carbocycles. The number of rotatable bonds is 0. The molecule has 0 bridgehead atoms. The molecule has 0 radical (unpaired) electrons. The summed E-state index contributed by atoms with van der Waals surface area (Å²) >= 11 is 0. The maximum atomic E-state index is 8.00. The van der Waals surface area contributed by atoms with Gasteiger partial charge in [-0.1, -0.05) is 13.8 Å². The topological polar surface area (TPSA) is 52.5 Å². The van der Waals surface area contributed by atoms with Gasteiger partial charge in [-0.2, -0.15) is 0 Å². The van der Waals surface area contributed by atoms with Crippen LogP contribution in [0.5, 0.6) is 0 Å². The first-order chi connectivity index (χ1) is 2.41. The Kier molecular flexibility index (Phi) is 144. The van der Waals surface area contributed by atoms with Gasteiger partial charge >= 0.3 is 29.6 Å². The number of nitrogens with zero attached hydrogens (tertiary/aromatic N) is 1. The summed E-state index contributed by atoms with van der Waals surface area (Å²) in [4.78, 5) is 8.00. The van der Waals surface area contributed by atoms with Crippen LogP contribution in [0.1, 0.15) is 13.8 Å². The maximum absolute atomic E-state index is 8.00. The first-order valence-electron chi connectivity index (χ1n) is 1.37. The summed E-state index contributed by atoms with van der Waals surface area (Å²) < 4.78 is 0. The molecule has 0 unspecified atom stereocenters. The molecule has 0 N–H and O–H groups in total. The Hall–Kier alpha value is 0.400. The Morgan fingerprint density at radius 3 is 1.50 bits per heavy atom. The van der Waals surface area contributed by atoms with Gasteiger partial charge in [0, 0.05) is 0 Å². The van der Waals surface area contributed by atoms with Gasteiger partial charge in [-0.3, -0.25) is 0 Å². The van der Waals surface area contributed by atoms with E-state index in [0.717, 1.165) is 5.34 Å². The van der Waals surface area contributed by atoms with Crippen LogP contribution in [-0.4, -0.2) is 0 Å². The minimum Gasteiger partial charge on any atom is -0.444 e. The van der Waals surface area contributed by atoms with E-state index >= 15 is 0 Å². The summed E-state index contributed by atoms with van der Waals surface area (Å²) in [5.41, 5.74) is 0. The molecule has 0 rings (SSSR count). The average Bonchev–Trinajstić information content (AvgIpc) is 1.46. The van der Waals surface area contributed by atoms with Crippen molar-refractivity contribution in [1.82, 2.24) is 0 Å². The van der Waals surface area contributed by atoms with Crippen LogP contribution in [0.3, 0.4) is 0 Å². The molecule has 0 saturated heterocycles. The molecule has 4 heteroatoms. The molecule has 32 valence electrons. The fourth-order valence-corrected chi connectivity index (χ4v) is 0. The van der Waals surface area contributed by atoms with Crippen molar-refractivity contribution in [2.75, 3.05) is 0 Å². The predicted molar refractivity (Wildman–Crippen MR) is 20.5 cm³/mol. The predicted octanol–water partition coefficient (Wildman–Crippen LogP) is -1.72. The van der Waals surface area contributed by atoms with Crippen molar-refractivity contribution in [3.63, 3.8) is 0 Å². The van der Waals surface area contributed by atoms with Gasteiger partial charge in [-0.25, -0.2) is 0 Å². The largest absolute Gasteiger partial charge is 1.00 e. The number of hydrogen-bond acceptors (Lipinski definition) is 3. The van der Waals surface area contributed by atoms with Crippen molar-refractivity contribution in [2.24, 2.45) is 5.34 Å². The normalized spacial score (nSPS) is 3.00. The van der Waals surface area contributed by atoms with Gasteiger partial charge in [-0.15, -0.1) is 5.34 Å². The summed E-state index contributed by atoms with van der Waals surface area (Å²) in [5, 5.41) is 9.00. The zero-order chi connectivity index (χ0) is 4.71. The Morgan fingerprint density at radius 2 is 1.50 bits per heavy atom. The van der Waals surface area contributed by atoms with E-state index in [1.165, 1.54) is 0 Å². The Labute approximate surface area is 59.0 Å². The van der Waals surface area contributed by atoms with Gasteiger partial charge in [0.25, 0.3) is 0 Å². The Bertz CT molecular complexity index is 19.0. The van der Waals surface area contributed by atoms with Crippen LogP contribution in [0.25, 0.3) is 0 Å². The first kappa shape index (κ1) is 16.1. The van der Waals surface area contributed by atoms with E-state index in [4.69, 9.17) is 10.1 Å². The summed E-state index contributed by atoms with van der Waals surface area (Å²) in [7, 11) is 0. The summed E-state index contributed by atoms with van der Waals surface area (Å²) in [5.74, 6) is 0. The quantitative estimate of drug-likeness (QED) is 0.206. The van der Waals surface area contributed by atoms with Crippen molar-refractivity contribution in [1.29, 1.82) is 0 Å². The molecular formula is C2H6NNaO2. The van der Waals surface area contributed by atoms with E-state index in [-0.39, 0.29) is 29.6 Å². The maximum Gasteiger partial charge on any atom is 1.00 e. The van der Waals surface area contributed by atoms with Gasteiger partial charge in [0.2, 0.25) is 0 Å². The van der Waals surface area contributed by atoms with Gasteiger partial charge in [0.1, 0.15) is 0 Å². The molecule has 0 aliphatic heterocycles. The van der Waals surface area contributed by atoms with E-state index in [1.54, 1.807) is 0 Å². The Morgan fingerprint density at radius 1 is 1.50 bits per heavy atom. The fraction of sp³-hybridized carbons (Fsp3) is 1.00. The van der Waals surface area contributed by atoms with Crippen LogP contribution in [0.2, 0.25) is 0 Å². The Balaban J connectivity index is -0.0000000275. The van der Waals surface area contributed by atoms with Crippen LogP contribution in [0, 0.1) is 10.1 Å². The van der Waals surface area contributed by atoms with Crippen molar-refractivity contribution >= 4 is 0 Å². The average molecular weight is 99.1 g/mol. The van der Waals surface area contributed by atoms with Crippen molar-refractivity contribution in [3.8, 4) is 0 Å². The molecule has 6 heavy (non-hydrogen) atoms. The number of hydrogen-bond donors (Lipinski definition) is 0. The molecule has 0 amide bonds. The van der Waals surface area contributed by atoms with E-state index in [9.17, 15) is 0 Å². The van der Waals surface area contributed by atoms with Gasteiger partial charge in [0.15, 0.2) is 0 Å². The standard InChI is InChI=1S/C2H6.HNO2.Na/c1-2;2-1-3;/h1-2H3;(H,2,3);/q;;+1/p-1. The fourth-order valence-electron chi connectivity index (χ4n) is 0. The van der Waals surface area contributed by atoms with Crippen LogP contribution in [-0.2, 0) is 0 Å². The second kappa shape index (κ2) is 53.3. The molecular weight excluding hydrogens is 93.0 g/mol. The second-order valence-electron chi connectivity index (χ2n) is 0.0745. The first-order valence-corrected chi connectivity index (χ1v) is 1.37. The van der Waals surface area contributed by atoms with Crippen LogP contribution >= 0.6 is 0 Å². The molecule has 0 aromatic rings. The van der Waals surface area contributed by atoms with E-state index in [2.05, 4.69) is 0 Å². The monoisotopic (exact) mass is 99.0 g/mol. The van der Waals surface area contributed by atoms with E-state index < -0.39 is 0 Å². The SMILES string of the molecule is CC.O=N[O-].[Na+]. The molecule has 3 nitrogen and oxygen atoms in total. The van der Waals surface area contributed by atoms with Crippen LogP contribution < -0.4 is 29.6 Å². The third-order valence-corrected chi connectivity index (χ3v) is 0. The summed E-state index contributed by atoms with van der Waals surface area (Å²) in [6.45, 7) is 4.00. The summed E-state index contributed by atoms with van der Waals surface area (Å²) in [6, 6.07) is 0. The minimum absolute atomic E-state index is 0. The molecule has 0 aliphatic rings. The van der Waals surface area contributed by atoms with Crippen LogP contribution in [0.4, 0.5) is 0 Å². The second-order valence-corrected chi connectivity index (χ2v) is 0.0745. The molecule has 0 aliphatic carbocycles. The molecule has 0 fully saturated rings. The van der Waals surface area contributed by atoms with Gasteiger partial charge in [0.05, 0.1) is 0 Å². The molecule has 0 spiro atoms. The van der Waals surface area contributed by atoms with E-state index in [0.29, 0.717) is 0 Å².